The van der Waals surface area contributed by atoms with Crippen molar-refractivity contribution < 1.29 is 8.42 Å². The highest BCUT2D eigenvalue weighted by molar-refractivity contribution is 7.91. The molecule has 21 heavy (non-hydrogen) atoms. The van der Waals surface area contributed by atoms with Crippen molar-refractivity contribution in [1.82, 2.24) is 9.58 Å². The molecule has 0 saturated heterocycles. The van der Waals surface area contributed by atoms with Crippen LogP contribution in [-0.2, 0) is 10.0 Å². The van der Waals surface area contributed by atoms with Gasteiger partial charge in [-0.2, -0.15) is 0 Å². The minimum atomic E-state index is -3.31. The molecule has 0 radical (unpaired) electrons. The molecule has 1 aromatic carbocycles. The zero-order valence-electron chi connectivity index (χ0n) is 12.2. The second-order valence-electron chi connectivity index (χ2n) is 5.53. The number of nitrogens with one attached hydrogen (secondary N) is 1. The van der Waals surface area contributed by atoms with Gasteiger partial charge in [-0.15, -0.1) is 0 Å². The van der Waals surface area contributed by atoms with Gasteiger partial charge in [-0.25, -0.2) is 13.2 Å². The SMILES string of the molecule is CN1CC=C(c2cn(NS(C)(=O)=O)c3ccccc23)CC1. The molecule has 0 saturated carbocycles. The Morgan fingerprint density at radius 1 is 1.24 bits per heavy atom. The zero-order chi connectivity index (χ0) is 15.0. The van der Waals surface area contributed by atoms with Crippen molar-refractivity contribution in [1.29, 1.82) is 0 Å². The molecule has 1 aliphatic rings. The van der Waals surface area contributed by atoms with Crippen LogP contribution >= 0.6 is 0 Å². The van der Waals surface area contributed by atoms with Gasteiger partial charge >= 0.3 is 0 Å². The number of benzene rings is 1. The summed E-state index contributed by atoms with van der Waals surface area (Å²) < 4.78 is 24.6. The first-order chi connectivity index (χ1) is 9.94. The van der Waals surface area contributed by atoms with Gasteiger partial charge in [0.05, 0.1) is 11.8 Å². The van der Waals surface area contributed by atoms with Crippen LogP contribution in [0, 0.1) is 0 Å². The smallest absolute Gasteiger partial charge is 0.243 e. The van der Waals surface area contributed by atoms with Gasteiger partial charge in [0.2, 0.25) is 10.0 Å². The Balaban J connectivity index is 2.11. The van der Waals surface area contributed by atoms with Crippen LogP contribution in [0.3, 0.4) is 0 Å². The number of nitrogens with zero attached hydrogens (tertiary/aromatic N) is 2. The molecule has 0 spiro atoms. The summed E-state index contributed by atoms with van der Waals surface area (Å²) in [5.41, 5.74) is 3.26. The van der Waals surface area contributed by atoms with E-state index >= 15 is 0 Å². The van der Waals surface area contributed by atoms with E-state index in [-0.39, 0.29) is 0 Å². The molecular formula is C15H19N3O2S. The van der Waals surface area contributed by atoms with Crippen LogP contribution in [0.25, 0.3) is 16.5 Å². The molecule has 1 N–H and O–H groups in total. The Kier molecular flexibility index (Phi) is 3.51. The predicted octanol–water partition coefficient (Wildman–Crippen LogP) is 1.86. The van der Waals surface area contributed by atoms with Crippen molar-refractivity contribution in [3.63, 3.8) is 0 Å². The Morgan fingerprint density at radius 3 is 2.67 bits per heavy atom. The predicted molar refractivity (Wildman–Crippen MR) is 86.2 cm³/mol. The molecule has 1 aliphatic heterocycles. The van der Waals surface area contributed by atoms with Gasteiger partial charge in [-0.05, 0) is 25.1 Å². The third kappa shape index (κ3) is 2.96. The monoisotopic (exact) mass is 305 g/mol. The Morgan fingerprint density at radius 2 is 2.00 bits per heavy atom. The number of likely N-dealkylation sites (N-methyl/N-ethyl adjacent to an activating group) is 1. The van der Waals surface area contributed by atoms with E-state index in [1.165, 1.54) is 5.57 Å². The fourth-order valence-electron chi connectivity index (χ4n) is 2.71. The van der Waals surface area contributed by atoms with E-state index in [4.69, 9.17) is 0 Å². The van der Waals surface area contributed by atoms with Gasteiger partial charge in [-0.3, -0.25) is 4.68 Å². The molecule has 112 valence electrons. The molecule has 1 aromatic heterocycles. The first-order valence-electron chi connectivity index (χ1n) is 6.90. The topological polar surface area (TPSA) is 54.3 Å². The highest BCUT2D eigenvalue weighted by atomic mass is 32.2. The van der Waals surface area contributed by atoms with E-state index in [0.717, 1.165) is 42.2 Å². The van der Waals surface area contributed by atoms with Crippen molar-refractivity contribution >= 4 is 26.5 Å². The molecule has 3 rings (SSSR count). The summed E-state index contributed by atoms with van der Waals surface area (Å²) in [5, 5.41) is 1.07. The molecule has 0 atom stereocenters. The number of para-hydroxylation sites is 1. The van der Waals surface area contributed by atoms with E-state index in [0.29, 0.717) is 0 Å². The maximum absolute atomic E-state index is 11.5. The first kappa shape index (κ1) is 14.2. The van der Waals surface area contributed by atoms with E-state index in [1.807, 2.05) is 30.5 Å². The van der Waals surface area contributed by atoms with E-state index < -0.39 is 10.0 Å². The summed E-state index contributed by atoms with van der Waals surface area (Å²) in [4.78, 5) is 4.80. The highest BCUT2D eigenvalue weighted by Crippen LogP contribution is 2.30. The maximum Gasteiger partial charge on any atom is 0.243 e. The van der Waals surface area contributed by atoms with Crippen molar-refractivity contribution in [2.75, 3.05) is 31.2 Å². The fraction of sp³-hybridized carbons (Fsp3) is 0.333. The highest BCUT2D eigenvalue weighted by Gasteiger charge is 2.16. The van der Waals surface area contributed by atoms with Crippen LogP contribution in [0.5, 0.6) is 0 Å². The van der Waals surface area contributed by atoms with Gasteiger partial charge in [0, 0.05) is 30.2 Å². The number of fused-ring (bicyclic) bond motifs is 1. The van der Waals surface area contributed by atoms with Crippen LogP contribution < -0.4 is 4.83 Å². The number of sulfonamides is 1. The molecule has 0 aliphatic carbocycles. The maximum atomic E-state index is 11.5. The number of hydrogen-bond donors (Lipinski definition) is 1. The lowest BCUT2D eigenvalue weighted by atomic mass is 9.99. The first-order valence-corrected chi connectivity index (χ1v) is 8.79. The van der Waals surface area contributed by atoms with Crippen LogP contribution in [-0.4, -0.2) is 44.4 Å². The lowest BCUT2D eigenvalue weighted by Crippen LogP contribution is -2.23. The van der Waals surface area contributed by atoms with Crippen LogP contribution in [0.15, 0.2) is 36.5 Å². The quantitative estimate of drug-likeness (QED) is 0.942. The Hall–Kier alpha value is -1.79. The second kappa shape index (κ2) is 5.20. The van der Waals surface area contributed by atoms with Crippen LogP contribution in [0.2, 0.25) is 0 Å². The summed E-state index contributed by atoms with van der Waals surface area (Å²) >= 11 is 0. The lowest BCUT2D eigenvalue weighted by Gasteiger charge is -2.21. The fourth-order valence-corrected chi connectivity index (χ4v) is 3.21. The summed E-state index contributed by atoms with van der Waals surface area (Å²) in [6, 6.07) is 7.85. The van der Waals surface area contributed by atoms with Crippen molar-refractivity contribution in [3.8, 4) is 0 Å². The Bertz CT molecular complexity index is 805. The molecule has 0 bridgehead atoms. The van der Waals surface area contributed by atoms with Crippen molar-refractivity contribution in [2.45, 2.75) is 6.42 Å². The third-order valence-electron chi connectivity index (χ3n) is 3.73. The molecule has 0 amide bonds. The summed E-state index contributed by atoms with van der Waals surface area (Å²) in [7, 11) is -1.21. The average Bonchev–Trinajstić information content (AvgIpc) is 2.77. The third-order valence-corrected chi connectivity index (χ3v) is 4.26. The second-order valence-corrected chi connectivity index (χ2v) is 7.26. The standard InChI is InChI=1S/C15H19N3O2S/c1-17-9-7-12(8-10-17)14-11-18(16-21(2,19)20)15-6-4-3-5-13(14)15/h3-7,11,16H,8-10H2,1-2H3. The van der Waals surface area contributed by atoms with Gasteiger partial charge in [-0.1, -0.05) is 24.3 Å². The van der Waals surface area contributed by atoms with Crippen LogP contribution in [0.1, 0.15) is 12.0 Å². The van der Waals surface area contributed by atoms with E-state index in [9.17, 15) is 8.42 Å². The molecular weight excluding hydrogens is 286 g/mol. The van der Waals surface area contributed by atoms with E-state index in [2.05, 4.69) is 22.9 Å². The normalized spacial score (nSPS) is 17.0. The van der Waals surface area contributed by atoms with Gasteiger partial charge in [0.15, 0.2) is 0 Å². The molecule has 2 aromatic rings. The number of hydrogen-bond acceptors (Lipinski definition) is 3. The Labute approximate surface area is 124 Å². The minimum Gasteiger partial charge on any atom is -0.302 e. The number of rotatable bonds is 3. The molecule has 0 fully saturated rings. The van der Waals surface area contributed by atoms with Crippen molar-refractivity contribution in [2.24, 2.45) is 0 Å². The zero-order valence-corrected chi connectivity index (χ0v) is 13.0. The minimum absolute atomic E-state index is 0.873. The number of aromatic nitrogens is 1. The summed E-state index contributed by atoms with van der Waals surface area (Å²) in [5.74, 6) is 0. The van der Waals surface area contributed by atoms with Gasteiger partial charge < -0.3 is 4.90 Å². The molecule has 0 unspecified atom stereocenters. The largest absolute Gasteiger partial charge is 0.302 e. The molecule has 5 nitrogen and oxygen atoms in total. The molecule has 6 heteroatoms. The van der Waals surface area contributed by atoms with Crippen LogP contribution in [0.4, 0.5) is 0 Å². The van der Waals surface area contributed by atoms with Gasteiger partial charge in [0.1, 0.15) is 0 Å². The van der Waals surface area contributed by atoms with E-state index in [1.54, 1.807) is 4.68 Å². The lowest BCUT2D eigenvalue weighted by molar-refractivity contribution is 0.370. The average molecular weight is 305 g/mol. The van der Waals surface area contributed by atoms with Crippen molar-refractivity contribution in [3.05, 3.63) is 42.1 Å². The molecule has 2 heterocycles. The summed E-state index contributed by atoms with van der Waals surface area (Å²) in [6.45, 7) is 1.94. The summed E-state index contributed by atoms with van der Waals surface area (Å²) in [6.07, 6.45) is 6.23. The van der Waals surface area contributed by atoms with Gasteiger partial charge in [0.25, 0.3) is 0 Å².